The highest BCUT2D eigenvalue weighted by Gasteiger charge is 2.20. The van der Waals surface area contributed by atoms with Gasteiger partial charge in [-0.25, -0.2) is 4.98 Å². The second kappa shape index (κ2) is 8.58. The first-order chi connectivity index (χ1) is 13.3. The summed E-state index contributed by atoms with van der Waals surface area (Å²) in [5, 5.41) is 6.09. The van der Waals surface area contributed by atoms with Crippen LogP contribution >= 0.6 is 11.3 Å². The number of nitrogens with zero attached hydrogens (tertiary/aromatic N) is 3. The molecule has 144 valence electrons. The molecule has 3 heterocycles. The highest BCUT2D eigenvalue weighted by atomic mass is 32.1. The third-order valence-electron chi connectivity index (χ3n) is 4.77. The fourth-order valence-electron chi connectivity index (χ4n) is 3.32. The first-order valence-corrected chi connectivity index (χ1v) is 10.2. The van der Waals surface area contributed by atoms with E-state index in [9.17, 15) is 4.79 Å². The number of rotatable bonds is 6. The van der Waals surface area contributed by atoms with Crippen LogP contribution < -0.4 is 19.7 Å². The van der Waals surface area contributed by atoms with Crippen molar-refractivity contribution < 1.29 is 14.3 Å². The van der Waals surface area contributed by atoms with E-state index in [0.29, 0.717) is 26.3 Å². The lowest BCUT2D eigenvalue weighted by molar-refractivity contribution is -0.122. The number of anilines is 1. The predicted molar refractivity (Wildman–Crippen MR) is 105 cm³/mol. The van der Waals surface area contributed by atoms with Gasteiger partial charge in [-0.3, -0.25) is 9.69 Å². The Morgan fingerprint density at radius 2 is 1.96 bits per heavy atom. The number of benzene rings is 1. The van der Waals surface area contributed by atoms with Crippen molar-refractivity contribution in [3.63, 3.8) is 0 Å². The zero-order valence-corrected chi connectivity index (χ0v) is 16.0. The first-order valence-electron chi connectivity index (χ1n) is 9.30. The molecule has 27 heavy (non-hydrogen) atoms. The summed E-state index contributed by atoms with van der Waals surface area (Å²) in [6.45, 7) is 5.86. The first kappa shape index (κ1) is 18.1. The van der Waals surface area contributed by atoms with Crippen LogP contribution in [-0.4, -0.2) is 68.3 Å². The van der Waals surface area contributed by atoms with Crippen molar-refractivity contribution in [2.45, 2.75) is 6.42 Å². The maximum Gasteiger partial charge on any atom is 0.234 e. The number of hydrogen-bond donors (Lipinski definition) is 1. The molecule has 0 bridgehead atoms. The summed E-state index contributed by atoms with van der Waals surface area (Å²) in [5.41, 5.74) is 1.14. The van der Waals surface area contributed by atoms with Crippen LogP contribution in [0, 0.1) is 0 Å². The van der Waals surface area contributed by atoms with Crippen molar-refractivity contribution in [1.29, 1.82) is 0 Å². The second-order valence-electron chi connectivity index (χ2n) is 6.66. The van der Waals surface area contributed by atoms with Gasteiger partial charge >= 0.3 is 0 Å². The second-order valence-corrected chi connectivity index (χ2v) is 7.53. The SMILES string of the molecule is O=C(CN1CCN(c2nccs2)CC1)NCCc1ccc2c(c1)OCCO2. The van der Waals surface area contributed by atoms with Crippen LogP contribution in [0.4, 0.5) is 5.13 Å². The van der Waals surface area contributed by atoms with Gasteiger partial charge < -0.3 is 19.7 Å². The molecule has 2 aliphatic heterocycles. The predicted octanol–water partition coefficient (Wildman–Crippen LogP) is 1.40. The van der Waals surface area contributed by atoms with E-state index < -0.39 is 0 Å². The molecule has 8 heteroatoms. The minimum Gasteiger partial charge on any atom is -0.486 e. The molecule has 4 rings (SSSR count). The molecule has 1 aromatic heterocycles. The van der Waals surface area contributed by atoms with E-state index in [1.165, 1.54) is 0 Å². The molecule has 0 spiro atoms. The Labute approximate surface area is 162 Å². The van der Waals surface area contributed by atoms with E-state index in [4.69, 9.17) is 9.47 Å². The Morgan fingerprint density at radius 3 is 2.74 bits per heavy atom. The zero-order valence-electron chi connectivity index (χ0n) is 15.2. The Kier molecular flexibility index (Phi) is 5.74. The van der Waals surface area contributed by atoms with E-state index in [0.717, 1.165) is 54.8 Å². The number of nitrogens with one attached hydrogen (secondary N) is 1. The number of carbonyl (C=O) groups is 1. The fraction of sp³-hybridized carbons (Fsp3) is 0.474. The lowest BCUT2D eigenvalue weighted by Crippen LogP contribution is -2.49. The van der Waals surface area contributed by atoms with Crippen molar-refractivity contribution in [1.82, 2.24) is 15.2 Å². The Bertz CT molecular complexity index is 760. The number of ether oxygens (including phenoxy) is 2. The average molecular weight is 388 g/mol. The van der Waals surface area contributed by atoms with Crippen molar-refractivity contribution in [3.8, 4) is 11.5 Å². The number of amides is 1. The molecule has 1 fully saturated rings. The molecule has 1 N–H and O–H groups in total. The molecule has 0 saturated carbocycles. The Morgan fingerprint density at radius 1 is 1.15 bits per heavy atom. The van der Waals surface area contributed by atoms with Crippen molar-refractivity contribution >= 4 is 22.4 Å². The van der Waals surface area contributed by atoms with E-state index in [-0.39, 0.29) is 5.91 Å². The van der Waals surface area contributed by atoms with Gasteiger partial charge in [-0.1, -0.05) is 6.07 Å². The van der Waals surface area contributed by atoms with Gasteiger partial charge in [-0.05, 0) is 24.1 Å². The summed E-state index contributed by atoms with van der Waals surface area (Å²) in [5.74, 6) is 1.67. The van der Waals surface area contributed by atoms with Crippen molar-refractivity contribution in [2.24, 2.45) is 0 Å². The van der Waals surface area contributed by atoms with Crippen LogP contribution in [-0.2, 0) is 11.2 Å². The third-order valence-corrected chi connectivity index (χ3v) is 5.60. The zero-order chi connectivity index (χ0) is 18.5. The molecule has 1 aromatic carbocycles. The van der Waals surface area contributed by atoms with Gasteiger partial charge in [0.1, 0.15) is 13.2 Å². The maximum absolute atomic E-state index is 12.2. The number of hydrogen-bond acceptors (Lipinski definition) is 7. The van der Waals surface area contributed by atoms with Crippen LogP contribution in [0.1, 0.15) is 5.56 Å². The monoisotopic (exact) mass is 388 g/mol. The van der Waals surface area contributed by atoms with E-state index in [1.54, 1.807) is 11.3 Å². The Hall–Kier alpha value is -2.32. The molecule has 0 atom stereocenters. The molecule has 7 nitrogen and oxygen atoms in total. The summed E-state index contributed by atoms with van der Waals surface area (Å²) in [6, 6.07) is 5.96. The smallest absolute Gasteiger partial charge is 0.234 e. The highest BCUT2D eigenvalue weighted by Crippen LogP contribution is 2.30. The minimum atomic E-state index is 0.0789. The number of carbonyl (C=O) groups excluding carboxylic acids is 1. The van der Waals surface area contributed by atoms with Gasteiger partial charge in [-0.15, -0.1) is 11.3 Å². The van der Waals surface area contributed by atoms with Gasteiger partial charge in [-0.2, -0.15) is 0 Å². The number of piperazine rings is 1. The quantitative estimate of drug-likeness (QED) is 0.807. The highest BCUT2D eigenvalue weighted by molar-refractivity contribution is 7.13. The topological polar surface area (TPSA) is 66.9 Å². The average Bonchev–Trinajstić information content (AvgIpc) is 3.23. The largest absolute Gasteiger partial charge is 0.486 e. The summed E-state index contributed by atoms with van der Waals surface area (Å²) in [6.07, 6.45) is 2.61. The van der Waals surface area contributed by atoms with Gasteiger partial charge in [0, 0.05) is 44.3 Å². The summed E-state index contributed by atoms with van der Waals surface area (Å²) in [7, 11) is 0. The Balaban J connectivity index is 1.17. The molecule has 2 aliphatic rings. The van der Waals surface area contributed by atoms with Crippen LogP contribution in [0.25, 0.3) is 0 Å². The molecule has 0 radical (unpaired) electrons. The summed E-state index contributed by atoms with van der Waals surface area (Å²) >= 11 is 1.66. The van der Waals surface area contributed by atoms with Crippen LogP contribution in [0.3, 0.4) is 0 Å². The van der Waals surface area contributed by atoms with Crippen molar-refractivity contribution in [2.75, 3.05) is 57.4 Å². The number of fused-ring (bicyclic) bond motifs is 1. The summed E-state index contributed by atoms with van der Waals surface area (Å²) in [4.78, 5) is 21.1. The molecule has 0 unspecified atom stereocenters. The molecule has 1 amide bonds. The molecule has 1 saturated heterocycles. The normalized spacial score (nSPS) is 17.0. The van der Waals surface area contributed by atoms with E-state index in [2.05, 4.69) is 20.1 Å². The lowest BCUT2D eigenvalue weighted by Gasteiger charge is -2.34. The van der Waals surface area contributed by atoms with Gasteiger partial charge in [0.2, 0.25) is 5.91 Å². The van der Waals surface area contributed by atoms with Crippen LogP contribution in [0.5, 0.6) is 11.5 Å². The minimum absolute atomic E-state index is 0.0789. The van der Waals surface area contributed by atoms with Gasteiger partial charge in [0.15, 0.2) is 16.6 Å². The van der Waals surface area contributed by atoms with Gasteiger partial charge in [0.25, 0.3) is 0 Å². The fourth-order valence-corrected chi connectivity index (χ4v) is 4.01. The molecular weight excluding hydrogens is 364 g/mol. The van der Waals surface area contributed by atoms with Crippen LogP contribution in [0.15, 0.2) is 29.8 Å². The third kappa shape index (κ3) is 4.70. The number of aromatic nitrogens is 1. The molecular formula is C19H24N4O3S. The van der Waals surface area contributed by atoms with Crippen LogP contribution in [0.2, 0.25) is 0 Å². The standard InChI is InChI=1S/C19H24N4O3S/c24-18(14-22-6-8-23(9-7-22)19-21-5-12-27-19)20-4-3-15-1-2-16-17(13-15)26-11-10-25-16/h1-2,5,12-13H,3-4,6-11,14H2,(H,20,24). The van der Waals surface area contributed by atoms with E-state index in [1.807, 2.05) is 29.8 Å². The van der Waals surface area contributed by atoms with Gasteiger partial charge in [0.05, 0.1) is 6.54 Å². The molecule has 0 aliphatic carbocycles. The molecule has 2 aromatic rings. The maximum atomic E-state index is 12.2. The summed E-state index contributed by atoms with van der Waals surface area (Å²) < 4.78 is 11.1. The van der Waals surface area contributed by atoms with Crippen molar-refractivity contribution in [3.05, 3.63) is 35.3 Å². The van der Waals surface area contributed by atoms with E-state index >= 15 is 0 Å². The lowest BCUT2D eigenvalue weighted by atomic mass is 10.1. The number of thiazole rings is 1.